The van der Waals surface area contributed by atoms with Crippen molar-refractivity contribution in [2.24, 2.45) is 5.84 Å². The zero-order valence-electron chi connectivity index (χ0n) is 16.9. The highest BCUT2D eigenvalue weighted by molar-refractivity contribution is 7.09. The van der Waals surface area contributed by atoms with Gasteiger partial charge in [0.2, 0.25) is 0 Å². The summed E-state index contributed by atoms with van der Waals surface area (Å²) < 4.78 is 11.2. The fourth-order valence-corrected chi connectivity index (χ4v) is 3.91. The molecule has 1 saturated heterocycles. The van der Waals surface area contributed by atoms with Crippen LogP contribution >= 0.6 is 11.3 Å². The second-order valence-corrected chi connectivity index (χ2v) is 8.80. The van der Waals surface area contributed by atoms with Gasteiger partial charge in [-0.15, -0.1) is 11.3 Å². The number of rotatable bonds is 6. The average Bonchev–Trinajstić information content (AvgIpc) is 3.34. The number of ether oxygens (including phenoxy) is 2. The Labute approximate surface area is 174 Å². The van der Waals surface area contributed by atoms with Crippen LogP contribution in [0.3, 0.4) is 0 Å². The number of hydrogen-bond acceptors (Lipinski definition) is 7. The lowest BCUT2D eigenvalue weighted by Crippen LogP contribution is -2.35. The number of nitrogens with two attached hydrogens (primary N) is 1. The molecule has 1 atom stereocenters. The van der Waals surface area contributed by atoms with Crippen LogP contribution in [0.25, 0.3) is 0 Å². The van der Waals surface area contributed by atoms with E-state index in [4.69, 9.17) is 25.7 Å². The van der Waals surface area contributed by atoms with E-state index in [0.717, 1.165) is 23.5 Å². The number of likely N-dealkylation sites (tertiary alicyclic amines) is 1. The van der Waals surface area contributed by atoms with Gasteiger partial charge >= 0.3 is 6.09 Å². The molecule has 1 fully saturated rings. The summed E-state index contributed by atoms with van der Waals surface area (Å²) in [6, 6.07) is 7.19. The second-order valence-electron chi connectivity index (χ2n) is 7.91. The minimum atomic E-state index is -0.485. The van der Waals surface area contributed by atoms with E-state index in [9.17, 15) is 4.79 Å². The molecule has 2 heterocycles. The Kier molecular flexibility index (Phi) is 6.39. The lowest BCUT2D eigenvalue weighted by Gasteiger charge is -2.24. The Hall–Kier alpha value is -2.65. The number of nitrogens with one attached hydrogen (secondary N) is 1. The first-order valence-corrected chi connectivity index (χ1v) is 10.3. The van der Waals surface area contributed by atoms with Gasteiger partial charge in [-0.25, -0.2) is 15.6 Å². The number of benzene rings is 1. The van der Waals surface area contributed by atoms with E-state index in [0.29, 0.717) is 31.1 Å². The topological polar surface area (TPSA) is 105 Å². The molecule has 9 heteroatoms. The number of amides is 1. The SMILES string of the molecule is CC(C)(C)OC(=O)N1CCC(c2nc(COc3ccc(N(N)C=N)cc3)cs2)C1. The van der Waals surface area contributed by atoms with Crippen LogP contribution in [0.2, 0.25) is 0 Å². The van der Waals surface area contributed by atoms with Crippen LogP contribution in [0, 0.1) is 5.41 Å². The molecule has 29 heavy (non-hydrogen) atoms. The molecule has 156 valence electrons. The number of nitrogens with zero attached hydrogens (tertiary/aromatic N) is 3. The van der Waals surface area contributed by atoms with Crippen molar-refractivity contribution >= 4 is 29.5 Å². The lowest BCUT2D eigenvalue weighted by atomic mass is 10.1. The van der Waals surface area contributed by atoms with Gasteiger partial charge in [-0.3, -0.25) is 10.4 Å². The molecule has 1 aliphatic heterocycles. The standard InChI is InChI=1S/C20H27N5O3S/c1-20(2,3)28-19(26)24-9-8-14(10-24)18-23-15(12-29-18)11-27-17-6-4-16(5-7-17)25(22)13-21/h4-7,12-14,21H,8-11,22H2,1-3H3. The average molecular weight is 418 g/mol. The van der Waals surface area contributed by atoms with Gasteiger partial charge in [0.25, 0.3) is 0 Å². The van der Waals surface area contributed by atoms with E-state index in [1.165, 1.54) is 5.01 Å². The monoisotopic (exact) mass is 417 g/mol. The van der Waals surface area contributed by atoms with Gasteiger partial charge in [0.05, 0.1) is 16.4 Å². The molecule has 0 saturated carbocycles. The highest BCUT2D eigenvalue weighted by Crippen LogP contribution is 2.30. The van der Waals surface area contributed by atoms with Gasteiger partial charge in [-0.05, 0) is 51.5 Å². The summed E-state index contributed by atoms with van der Waals surface area (Å²) in [4.78, 5) is 18.7. The minimum Gasteiger partial charge on any atom is -0.487 e. The summed E-state index contributed by atoms with van der Waals surface area (Å²) in [5.74, 6) is 6.58. The fraction of sp³-hybridized carbons (Fsp3) is 0.450. The van der Waals surface area contributed by atoms with Gasteiger partial charge in [0.1, 0.15) is 24.3 Å². The van der Waals surface area contributed by atoms with E-state index in [1.807, 2.05) is 38.3 Å². The molecule has 0 radical (unpaired) electrons. The molecule has 0 bridgehead atoms. The van der Waals surface area contributed by atoms with Crippen molar-refractivity contribution in [3.8, 4) is 5.75 Å². The Morgan fingerprint density at radius 2 is 2.14 bits per heavy atom. The summed E-state index contributed by atoms with van der Waals surface area (Å²) in [6.45, 7) is 7.31. The number of carbonyl (C=O) groups is 1. The number of hydrogen-bond donors (Lipinski definition) is 2. The Morgan fingerprint density at radius 1 is 1.41 bits per heavy atom. The smallest absolute Gasteiger partial charge is 0.410 e. The van der Waals surface area contributed by atoms with Crippen molar-refractivity contribution in [3.05, 3.63) is 40.3 Å². The molecule has 1 amide bonds. The molecule has 1 aliphatic rings. The first kappa shape index (κ1) is 21.1. The van der Waals surface area contributed by atoms with Gasteiger partial charge in [0.15, 0.2) is 0 Å². The third kappa shape index (κ3) is 5.68. The quantitative estimate of drug-likeness (QED) is 0.321. The van der Waals surface area contributed by atoms with Crippen LogP contribution in [0.5, 0.6) is 5.75 Å². The van der Waals surface area contributed by atoms with Crippen LogP contribution in [-0.4, -0.2) is 41.0 Å². The molecule has 1 aromatic heterocycles. The molecule has 3 rings (SSSR count). The third-order valence-electron chi connectivity index (χ3n) is 4.42. The van der Waals surface area contributed by atoms with E-state index < -0.39 is 5.60 Å². The normalized spacial score (nSPS) is 16.6. The maximum Gasteiger partial charge on any atom is 0.410 e. The first-order valence-electron chi connectivity index (χ1n) is 9.45. The highest BCUT2D eigenvalue weighted by Gasteiger charge is 2.31. The van der Waals surface area contributed by atoms with Gasteiger partial charge in [-0.2, -0.15) is 0 Å². The van der Waals surface area contributed by atoms with Crippen LogP contribution in [0.15, 0.2) is 29.6 Å². The summed E-state index contributed by atoms with van der Waals surface area (Å²) >= 11 is 1.60. The first-order chi connectivity index (χ1) is 13.7. The van der Waals surface area contributed by atoms with Gasteiger partial charge < -0.3 is 14.4 Å². The van der Waals surface area contributed by atoms with Crippen molar-refractivity contribution in [3.63, 3.8) is 0 Å². The Morgan fingerprint density at radius 3 is 2.79 bits per heavy atom. The third-order valence-corrected chi connectivity index (χ3v) is 5.48. The largest absolute Gasteiger partial charge is 0.487 e. The number of hydrazine groups is 1. The van der Waals surface area contributed by atoms with E-state index in [1.54, 1.807) is 28.4 Å². The van der Waals surface area contributed by atoms with Crippen LogP contribution < -0.4 is 15.6 Å². The van der Waals surface area contributed by atoms with E-state index >= 15 is 0 Å². The molecule has 0 aliphatic carbocycles. The van der Waals surface area contributed by atoms with Gasteiger partial charge in [-0.1, -0.05) is 0 Å². The lowest BCUT2D eigenvalue weighted by molar-refractivity contribution is 0.0292. The van der Waals surface area contributed by atoms with Crippen molar-refractivity contribution in [1.29, 1.82) is 5.41 Å². The zero-order valence-corrected chi connectivity index (χ0v) is 17.7. The van der Waals surface area contributed by atoms with Crippen molar-refractivity contribution in [2.75, 3.05) is 18.1 Å². The van der Waals surface area contributed by atoms with E-state index in [-0.39, 0.29) is 12.0 Å². The number of aromatic nitrogens is 1. The summed E-state index contributed by atoms with van der Waals surface area (Å²) in [5.41, 5.74) is 1.09. The van der Waals surface area contributed by atoms with Crippen LogP contribution in [0.4, 0.5) is 10.5 Å². The molecule has 8 nitrogen and oxygen atoms in total. The molecular formula is C20H27N5O3S. The zero-order chi connectivity index (χ0) is 21.0. The number of carbonyl (C=O) groups excluding carboxylic acids is 1. The molecule has 1 aromatic carbocycles. The molecule has 1 unspecified atom stereocenters. The maximum atomic E-state index is 12.2. The second kappa shape index (κ2) is 8.79. The van der Waals surface area contributed by atoms with E-state index in [2.05, 4.69) is 0 Å². The number of thiazole rings is 1. The van der Waals surface area contributed by atoms with Crippen LogP contribution in [-0.2, 0) is 11.3 Å². The van der Waals surface area contributed by atoms with Gasteiger partial charge in [0, 0.05) is 24.4 Å². The molecule has 0 spiro atoms. The molecule has 3 N–H and O–H groups in total. The maximum absolute atomic E-state index is 12.2. The van der Waals surface area contributed by atoms with Crippen molar-refractivity contribution in [2.45, 2.75) is 45.3 Å². The minimum absolute atomic E-state index is 0.234. The molecular weight excluding hydrogens is 390 g/mol. The Balaban J connectivity index is 1.52. The fourth-order valence-electron chi connectivity index (χ4n) is 2.98. The summed E-state index contributed by atoms with van der Waals surface area (Å²) in [6.07, 6.45) is 1.67. The van der Waals surface area contributed by atoms with Crippen molar-refractivity contribution in [1.82, 2.24) is 9.88 Å². The summed E-state index contributed by atoms with van der Waals surface area (Å²) in [7, 11) is 0. The Bertz CT molecular complexity index is 847. The summed E-state index contributed by atoms with van der Waals surface area (Å²) in [5, 5.41) is 11.4. The predicted octanol–water partition coefficient (Wildman–Crippen LogP) is 3.73. The molecule has 2 aromatic rings. The number of anilines is 1. The highest BCUT2D eigenvalue weighted by atomic mass is 32.1. The predicted molar refractivity (Wildman–Crippen MR) is 114 cm³/mol. The van der Waals surface area contributed by atoms with Crippen LogP contribution in [0.1, 0.15) is 43.8 Å². The van der Waals surface area contributed by atoms with Crippen molar-refractivity contribution < 1.29 is 14.3 Å².